The molecule has 0 aromatic rings. The highest BCUT2D eigenvalue weighted by molar-refractivity contribution is 5.81. The molecule has 0 spiro atoms. The summed E-state index contributed by atoms with van der Waals surface area (Å²) in [5.41, 5.74) is 0. The molecule has 1 heterocycles. The van der Waals surface area contributed by atoms with Gasteiger partial charge in [0.25, 0.3) is 0 Å². The number of carbonyl (C=O) groups excluding carboxylic acids is 1. The fourth-order valence-corrected chi connectivity index (χ4v) is 2.95. The van der Waals surface area contributed by atoms with Gasteiger partial charge in [-0.3, -0.25) is 9.69 Å². The van der Waals surface area contributed by atoms with Gasteiger partial charge in [0, 0.05) is 13.2 Å². The summed E-state index contributed by atoms with van der Waals surface area (Å²) < 4.78 is 5.77. The molecule has 18 heavy (non-hydrogen) atoms. The third kappa shape index (κ3) is 3.95. The molecule has 0 aromatic heterocycles. The fourth-order valence-electron chi connectivity index (χ4n) is 2.95. The Kier molecular flexibility index (Phi) is 5.45. The predicted molar refractivity (Wildman–Crippen MR) is 71.5 cm³/mol. The summed E-state index contributed by atoms with van der Waals surface area (Å²) in [5.74, 6) is 0.191. The second kappa shape index (κ2) is 7.10. The van der Waals surface area contributed by atoms with E-state index in [2.05, 4.69) is 10.2 Å². The van der Waals surface area contributed by atoms with Crippen LogP contribution in [-0.2, 0) is 9.53 Å². The van der Waals surface area contributed by atoms with Gasteiger partial charge in [-0.2, -0.15) is 0 Å². The Labute approximate surface area is 110 Å². The number of nitrogens with zero attached hydrogens (tertiary/aromatic N) is 1. The molecular weight excluding hydrogens is 228 g/mol. The number of likely N-dealkylation sites (tertiary alicyclic amines) is 1. The number of ether oxygens (including phenoxy) is 1. The van der Waals surface area contributed by atoms with E-state index in [1.54, 1.807) is 0 Å². The zero-order chi connectivity index (χ0) is 12.8. The van der Waals surface area contributed by atoms with Crippen LogP contribution in [0.3, 0.4) is 0 Å². The van der Waals surface area contributed by atoms with Crippen molar-refractivity contribution >= 4 is 5.91 Å². The fraction of sp³-hybridized carbons (Fsp3) is 0.929. The normalized spacial score (nSPS) is 25.7. The van der Waals surface area contributed by atoms with Crippen molar-refractivity contribution in [1.29, 1.82) is 0 Å². The quantitative estimate of drug-likeness (QED) is 0.731. The van der Waals surface area contributed by atoms with E-state index in [9.17, 15) is 4.79 Å². The number of amides is 1. The first-order valence-corrected chi connectivity index (χ1v) is 7.37. The predicted octanol–water partition coefficient (Wildman–Crippen LogP) is 1.55. The lowest BCUT2D eigenvalue weighted by Gasteiger charge is -2.18. The Balaban J connectivity index is 1.50. The van der Waals surface area contributed by atoms with Crippen LogP contribution in [0.4, 0.5) is 0 Å². The van der Waals surface area contributed by atoms with Gasteiger partial charge < -0.3 is 10.1 Å². The molecule has 4 nitrogen and oxygen atoms in total. The van der Waals surface area contributed by atoms with Crippen LogP contribution >= 0.6 is 0 Å². The maximum Gasteiger partial charge on any atom is 0.237 e. The second-order valence-corrected chi connectivity index (χ2v) is 5.56. The summed E-state index contributed by atoms with van der Waals surface area (Å²) in [6, 6.07) is 0.0979. The lowest BCUT2D eigenvalue weighted by Crippen LogP contribution is -2.41. The monoisotopic (exact) mass is 254 g/mol. The van der Waals surface area contributed by atoms with Gasteiger partial charge in [-0.25, -0.2) is 0 Å². The Hall–Kier alpha value is -0.610. The topological polar surface area (TPSA) is 41.6 Å². The van der Waals surface area contributed by atoms with E-state index in [0.29, 0.717) is 6.10 Å². The third-order valence-corrected chi connectivity index (χ3v) is 4.10. The highest BCUT2D eigenvalue weighted by Gasteiger charge is 2.27. The molecule has 2 fully saturated rings. The first-order chi connectivity index (χ1) is 8.77. The second-order valence-electron chi connectivity index (χ2n) is 5.56. The van der Waals surface area contributed by atoms with E-state index in [0.717, 1.165) is 39.0 Å². The minimum atomic E-state index is 0.0979. The maximum absolute atomic E-state index is 11.9. The van der Waals surface area contributed by atoms with Crippen LogP contribution in [0.5, 0.6) is 0 Å². The highest BCUT2D eigenvalue weighted by atomic mass is 16.5. The van der Waals surface area contributed by atoms with Gasteiger partial charge in [-0.1, -0.05) is 12.8 Å². The number of hydrogen-bond acceptors (Lipinski definition) is 3. The molecule has 0 aromatic carbocycles. The van der Waals surface area contributed by atoms with Crippen molar-refractivity contribution in [3.8, 4) is 0 Å². The molecule has 1 aliphatic carbocycles. The standard InChI is InChI=1S/C14H26N2O2/c1-16-10-4-8-13(16)14(17)15-9-5-11-18-12-6-2-3-7-12/h12-13H,2-11H2,1H3,(H,15,17)/t13-/m0/s1. The SMILES string of the molecule is CN1CCC[C@H]1C(=O)NCCCOC1CCCC1. The van der Waals surface area contributed by atoms with Gasteiger partial charge in [0.2, 0.25) is 5.91 Å². The van der Waals surface area contributed by atoms with Crippen LogP contribution < -0.4 is 5.32 Å². The van der Waals surface area contributed by atoms with Gasteiger partial charge >= 0.3 is 0 Å². The number of nitrogens with one attached hydrogen (secondary N) is 1. The molecule has 104 valence electrons. The summed E-state index contributed by atoms with van der Waals surface area (Å²) in [4.78, 5) is 14.0. The van der Waals surface area contributed by atoms with E-state index in [4.69, 9.17) is 4.74 Å². The summed E-state index contributed by atoms with van der Waals surface area (Å²) in [6.45, 7) is 2.57. The minimum absolute atomic E-state index is 0.0979. The van der Waals surface area contributed by atoms with Crippen LogP contribution in [0, 0.1) is 0 Å². The van der Waals surface area contributed by atoms with Crippen molar-refractivity contribution in [3.63, 3.8) is 0 Å². The molecule has 2 aliphatic rings. The summed E-state index contributed by atoms with van der Waals surface area (Å²) in [6.07, 6.45) is 8.63. The molecule has 2 rings (SSSR count). The van der Waals surface area contributed by atoms with Gasteiger partial charge in [-0.15, -0.1) is 0 Å². The van der Waals surface area contributed by atoms with Gasteiger partial charge in [0.15, 0.2) is 0 Å². The lowest BCUT2D eigenvalue weighted by atomic mass is 10.2. The Morgan fingerprint density at radius 2 is 2.06 bits per heavy atom. The summed E-state index contributed by atoms with van der Waals surface area (Å²) in [7, 11) is 2.03. The first kappa shape index (κ1) is 13.8. The molecule has 0 bridgehead atoms. The molecule has 0 unspecified atom stereocenters. The Bertz CT molecular complexity index is 265. The summed E-state index contributed by atoms with van der Waals surface area (Å²) in [5, 5.41) is 3.02. The molecule has 1 saturated heterocycles. The molecule has 0 radical (unpaired) electrons. The van der Waals surface area contributed by atoms with Crippen LogP contribution in [0.15, 0.2) is 0 Å². The molecule has 1 saturated carbocycles. The van der Waals surface area contributed by atoms with Crippen molar-refractivity contribution in [1.82, 2.24) is 10.2 Å². The smallest absolute Gasteiger partial charge is 0.237 e. The zero-order valence-electron chi connectivity index (χ0n) is 11.5. The summed E-state index contributed by atoms with van der Waals surface area (Å²) >= 11 is 0. The number of carbonyl (C=O) groups is 1. The van der Waals surface area contributed by atoms with E-state index < -0.39 is 0 Å². The van der Waals surface area contributed by atoms with Crippen LogP contribution in [0.1, 0.15) is 44.9 Å². The molecular formula is C14H26N2O2. The molecule has 1 aliphatic heterocycles. The minimum Gasteiger partial charge on any atom is -0.378 e. The van der Waals surface area contributed by atoms with Gasteiger partial charge in [0.05, 0.1) is 12.1 Å². The van der Waals surface area contributed by atoms with Crippen LogP contribution in [0.25, 0.3) is 0 Å². The number of hydrogen-bond donors (Lipinski definition) is 1. The van der Waals surface area contributed by atoms with E-state index >= 15 is 0 Å². The van der Waals surface area contributed by atoms with Gasteiger partial charge in [-0.05, 0) is 45.7 Å². The number of likely N-dealkylation sites (N-methyl/N-ethyl adjacent to an activating group) is 1. The Morgan fingerprint density at radius 3 is 2.72 bits per heavy atom. The molecule has 4 heteroatoms. The highest BCUT2D eigenvalue weighted by Crippen LogP contribution is 2.20. The first-order valence-electron chi connectivity index (χ1n) is 7.37. The largest absolute Gasteiger partial charge is 0.378 e. The van der Waals surface area contributed by atoms with Crippen molar-refractivity contribution in [2.24, 2.45) is 0 Å². The van der Waals surface area contributed by atoms with Crippen molar-refractivity contribution in [2.75, 3.05) is 26.7 Å². The van der Waals surface area contributed by atoms with E-state index in [1.807, 2.05) is 7.05 Å². The zero-order valence-corrected chi connectivity index (χ0v) is 11.5. The van der Waals surface area contributed by atoms with Crippen molar-refractivity contribution in [3.05, 3.63) is 0 Å². The van der Waals surface area contributed by atoms with E-state index in [1.165, 1.54) is 25.7 Å². The van der Waals surface area contributed by atoms with Crippen molar-refractivity contribution < 1.29 is 9.53 Å². The molecule has 1 atom stereocenters. The average molecular weight is 254 g/mol. The maximum atomic E-state index is 11.9. The third-order valence-electron chi connectivity index (χ3n) is 4.10. The lowest BCUT2D eigenvalue weighted by molar-refractivity contribution is -0.125. The van der Waals surface area contributed by atoms with Gasteiger partial charge in [0.1, 0.15) is 0 Å². The average Bonchev–Trinajstić information content (AvgIpc) is 2.99. The molecule has 1 N–H and O–H groups in total. The molecule has 1 amide bonds. The Morgan fingerprint density at radius 1 is 1.28 bits per heavy atom. The van der Waals surface area contributed by atoms with Crippen LogP contribution in [-0.4, -0.2) is 49.7 Å². The van der Waals surface area contributed by atoms with Crippen molar-refractivity contribution in [2.45, 2.75) is 57.1 Å². The van der Waals surface area contributed by atoms with Crippen LogP contribution in [0.2, 0.25) is 0 Å². The number of rotatable bonds is 6. The van der Waals surface area contributed by atoms with E-state index in [-0.39, 0.29) is 11.9 Å².